The SMILES string of the molecule is CC(C)O[C@H]1C(=O)C[C@H]2[C@@H]3CCc4cc(O)ccc4[C@H]3CC[C@]12C. The fraction of sp³-hybridized carbons (Fsp3) is 0.667. The molecular formula is C21H28O3. The lowest BCUT2D eigenvalue weighted by molar-refractivity contribution is -0.138. The zero-order valence-electron chi connectivity index (χ0n) is 14.9. The van der Waals surface area contributed by atoms with Gasteiger partial charge in [-0.1, -0.05) is 13.0 Å². The summed E-state index contributed by atoms with van der Waals surface area (Å²) in [6.45, 7) is 6.34. The topological polar surface area (TPSA) is 46.5 Å². The molecule has 2 saturated carbocycles. The second-order valence-electron chi connectivity index (χ2n) is 8.58. The third-order valence-corrected chi connectivity index (χ3v) is 6.87. The van der Waals surface area contributed by atoms with Crippen LogP contribution in [0.2, 0.25) is 0 Å². The van der Waals surface area contributed by atoms with Gasteiger partial charge in [0.2, 0.25) is 0 Å². The summed E-state index contributed by atoms with van der Waals surface area (Å²) in [7, 11) is 0. The quantitative estimate of drug-likeness (QED) is 0.884. The van der Waals surface area contributed by atoms with E-state index in [9.17, 15) is 9.90 Å². The van der Waals surface area contributed by atoms with E-state index >= 15 is 0 Å². The van der Waals surface area contributed by atoms with E-state index in [1.807, 2.05) is 26.0 Å². The van der Waals surface area contributed by atoms with E-state index < -0.39 is 0 Å². The van der Waals surface area contributed by atoms with Crippen LogP contribution in [0.25, 0.3) is 0 Å². The summed E-state index contributed by atoms with van der Waals surface area (Å²) in [5.41, 5.74) is 2.71. The predicted molar refractivity (Wildman–Crippen MR) is 93.1 cm³/mol. The molecule has 0 radical (unpaired) electrons. The van der Waals surface area contributed by atoms with E-state index in [1.165, 1.54) is 11.1 Å². The molecule has 0 unspecified atom stereocenters. The van der Waals surface area contributed by atoms with Gasteiger partial charge >= 0.3 is 0 Å². The first-order valence-corrected chi connectivity index (χ1v) is 9.40. The van der Waals surface area contributed by atoms with Gasteiger partial charge in [-0.25, -0.2) is 0 Å². The fourth-order valence-electron chi connectivity index (χ4n) is 5.82. The van der Waals surface area contributed by atoms with Crippen LogP contribution in [-0.4, -0.2) is 23.1 Å². The number of hydrogen-bond acceptors (Lipinski definition) is 3. The number of rotatable bonds is 2. The highest BCUT2D eigenvalue weighted by atomic mass is 16.5. The molecular weight excluding hydrogens is 300 g/mol. The summed E-state index contributed by atoms with van der Waals surface area (Å²) >= 11 is 0. The smallest absolute Gasteiger partial charge is 0.162 e. The summed E-state index contributed by atoms with van der Waals surface area (Å²) in [5.74, 6) is 2.24. The van der Waals surface area contributed by atoms with E-state index in [0.717, 1.165) is 25.7 Å². The van der Waals surface area contributed by atoms with Gasteiger partial charge in [-0.05, 0) is 80.5 Å². The molecule has 3 aliphatic carbocycles. The first-order valence-electron chi connectivity index (χ1n) is 9.40. The minimum atomic E-state index is -0.218. The average molecular weight is 328 g/mol. The monoisotopic (exact) mass is 328 g/mol. The summed E-state index contributed by atoms with van der Waals surface area (Å²) in [4.78, 5) is 12.7. The number of ketones is 1. The number of phenolic OH excluding ortho intramolecular Hbond substituents is 1. The highest BCUT2D eigenvalue weighted by Gasteiger charge is 2.59. The lowest BCUT2D eigenvalue weighted by Crippen LogP contribution is -2.46. The molecule has 0 bridgehead atoms. The van der Waals surface area contributed by atoms with Gasteiger partial charge in [0.05, 0.1) is 6.10 Å². The predicted octanol–water partition coefficient (Wildman–Crippen LogP) is 4.22. The third-order valence-electron chi connectivity index (χ3n) is 6.87. The Bertz CT molecular complexity index is 665. The maximum Gasteiger partial charge on any atom is 0.162 e. The van der Waals surface area contributed by atoms with E-state index in [2.05, 4.69) is 13.0 Å². The number of carbonyl (C=O) groups is 1. The van der Waals surface area contributed by atoms with Gasteiger partial charge in [-0.2, -0.15) is 0 Å². The summed E-state index contributed by atoms with van der Waals surface area (Å²) in [5, 5.41) is 9.77. The number of ether oxygens (including phenoxy) is 1. The Morgan fingerprint density at radius 1 is 1.29 bits per heavy atom. The molecule has 0 spiro atoms. The molecule has 3 aliphatic rings. The van der Waals surface area contributed by atoms with Gasteiger partial charge < -0.3 is 9.84 Å². The van der Waals surface area contributed by atoms with Crippen molar-refractivity contribution in [3.05, 3.63) is 29.3 Å². The van der Waals surface area contributed by atoms with Gasteiger partial charge in [0.1, 0.15) is 11.9 Å². The molecule has 4 rings (SSSR count). The Labute approximate surface area is 144 Å². The molecule has 130 valence electrons. The van der Waals surface area contributed by atoms with Crippen LogP contribution < -0.4 is 0 Å². The van der Waals surface area contributed by atoms with E-state index in [1.54, 1.807) is 0 Å². The van der Waals surface area contributed by atoms with Crippen LogP contribution in [-0.2, 0) is 16.0 Å². The van der Waals surface area contributed by atoms with Crippen LogP contribution >= 0.6 is 0 Å². The number of carbonyl (C=O) groups excluding carboxylic acids is 1. The molecule has 3 heteroatoms. The lowest BCUT2D eigenvalue weighted by atomic mass is 9.55. The molecule has 0 heterocycles. The van der Waals surface area contributed by atoms with Crippen molar-refractivity contribution in [2.24, 2.45) is 17.3 Å². The van der Waals surface area contributed by atoms with Crippen molar-refractivity contribution in [2.45, 2.75) is 71.0 Å². The fourth-order valence-corrected chi connectivity index (χ4v) is 5.82. The summed E-state index contributed by atoms with van der Waals surface area (Å²) < 4.78 is 6.08. The Morgan fingerprint density at radius 3 is 2.83 bits per heavy atom. The maximum atomic E-state index is 12.7. The molecule has 1 aromatic carbocycles. The number of benzene rings is 1. The van der Waals surface area contributed by atoms with Crippen LogP contribution in [0.4, 0.5) is 0 Å². The molecule has 24 heavy (non-hydrogen) atoms. The number of aryl methyl sites for hydroxylation is 1. The third kappa shape index (κ3) is 2.32. The number of phenols is 1. The Kier molecular flexibility index (Phi) is 3.76. The standard InChI is InChI=1S/C21H28O3/c1-12(2)24-20-19(23)11-18-17-6-4-13-10-14(22)5-7-15(13)16(17)8-9-21(18,20)3/h5,7,10,12,16-18,20,22H,4,6,8-9,11H2,1-3H3/t16-,17-,18+,20+,21+/m1/s1. The van der Waals surface area contributed by atoms with E-state index in [0.29, 0.717) is 35.7 Å². The van der Waals surface area contributed by atoms with Crippen molar-refractivity contribution in [1.29, 1.82) is 0 Å². The molecule has 0 amide bonds. The molecule has 5 atom stereocenters. The second-order valence-corrected chi connectivity index (χ2v) is 8.58. The highest BCUT2D eigenvalue weighted by Crippen LogP contribution is 2.60. The van der Waals surface area contributed by atoms with Crippen LogP contribution in [0.5, 0.6) is 5.75 Å². The molecule has 3 nitrogen and oxygen atoms in total. The van der Waals surface area contributed by atoms with Crippen LogP contribution in [0.1, 0.15) is 63.5 Å². The average Bonchev–Trinajstić information content (AvgIpc) is 2.78. The van der Waals surface area contributed by atoms with E-state index in [4.69, 9.17) is 4.74 Å². The minimum absolute atomic E-state index is 0.00303. The first-order chi connectivity index (χ1) is 11.4. The maximum absolute atomic E-state index is 12.7. The van der Waals surface area contributed by atoms with Crippen LogP contribution in [0, 0.1) is 17.3 Å². The second kappa shape index (κ2) is 5.59. The van der Waals surface area contributed by atoms with Crippen LogP contribution in [0.3, 0.4) is 0 Å². The van der Waals surface area contributed by atoms with Gasteiger partial charge in [0.15, 0.2) is 5.78 Å². The van der Waals surface area contributed by atoms with Crippen molar-refractivity contribution in [3.63, 3.8) is 0 Å². The molecule has 1 aromatic rings. The normalized spacial score (nSPS) is 37.9. The molecule has 0 saturated heterocycles. The van der Waals surface area contributed by atoms with Crippen molar-refractivity contribution in [2.75, 3.05) is 0 Å². The van der Waals surface area contributed by atoms with Gasteiger partial charge in [0, 0.05) is 11.8 Å². The number of fused-ring (bicyclic) bond motifs is 5. The van der Waals surface area contributed by atoms with Crippen molar-refractivity contribution >= 4 is 5.78 Å². The number of aromatic hydroxyl groups is 1. The summed E-state index contributed by atoms with van der Waals surface area (Å²) in [6, 6.07) is 5.87. The largest absolute Gasteiger partial charge is 0.508 e. The molecule has 0 aromatic heterocycles. The Morgan fingerprint density at radius 2 is 2.08 bits per heavy atom. The Hall–Kier alpha value is -1.35. The van der Waals surface area contributed by atoms with Crippen molar-refractivity contribution in [1.82, 2.24) is 0 Å². The highest BCUT2D eigenvalue weighted by molar-refractivity contribution is 5.87. The van der Waals surface area contributed by atoms with Crippen LogP contribution in [0.15, 0.2) is 18.2 Å². The number of Topliss-reactive ketones (excluding diaryl/α,β-unsaturated/α-hetero) is 1. The van der Waals surface area contributed by atoms with Crippen molar-refractivity contribution < 1.29 is 14.6 Å². The zero-order valence-corrected chi connectivity index (χ0v) is 14.9. The first kappa shape index (κ1) is 16.1. The zero-order chi connectivity index (χ0) is 17.1. The van der Waals surface area contributed by atoms with E-state index in [-0.39, 0.29) is 17.6 Å². The Balaban J connectivity index is 1.66. The lowest BCUT2D eigenvalue weighted by Gasteiger charge is -2.50. The minimum Gasteiger partial charge on any atom is -0.508 e. The van der Waals surface area contributed by atoms with Gasteiger partial charge in [-0.15, -0.1) is 0 Å². The van der Waals surface area contributed by atoms with Gasteiger partial charge in [0.25, 0.3) is 0 Å². The summed E-state index contributed by atoms with van der Waals surface area (Å²) in [6.07, 6.45) is 4.89. The molecule has 0 aliphatic heterocycles. The number of hydrogen-bond donors (Lipinski definition) is 1. The molecule has 1 N–H and O–H groups in total. The van der Waals surface area contributed by atoms with Gasteiger partial charge in [-0.3, -0.25) is 4.79 Å². The molecule has 2 fully saturated rings. The van der Waals surface area contributed by atoms with Crippen molar-refractivity contribution in [3.8, 4) is 5.75 Å².